The number of carbonyl (C=O) groups is 1. The molecule has 0 aliphatic carbocycles. The number of carboxylic acids is 1. The molecular weight excluding hydrogens is 1030 g/mol. The van der Waals surface area contributed by atoms with Gasteiger partial charge in [0, 0.05) is 66.6 Å². The molecule has 2 aliphatic heterocycles. The van der Waals surface area contributed by atoms with Crippen molar-refractivity contribution in [3.63, 3.8) is 0 Å². The van der Waals surface area contributed by atoms with Crippen LogP contribution in [0.5, 0.6) is 0 Å². The van der Waals surface area contributed by atoms with Gasteiger partial charge in [0.1, 0.15) is 21.6 Å². The van der Waals surface area contributed by atoms with Crippen molar-refractivity contribution in [2.75, 3.05) is 50.7 Å². The normalized spacial score (nSPS) is 19.5. The zero-order valence-electron chi connectivity index (χ0n) is 38.9. The lowest BCUT2D eigenvalue weighted by Crippen LogP contribution is -2.32. The molecular formula is C45H54N2O19S5. The number of hydrogen-bond donors (Lipinski definition) is 5. The number of rotatable bonds is 23. The molecule has 26 heteroatoms. The fraction of sp³-hybridized carbons (Fsp3) is 0.422. The molecule has 21 nitrogen and oxygen atoms in total. The number of ether oxygens (including phenoxy) is 2. The fourth-order valence-electron chi connectivity index (χ4n) is 9.88. The van der Waals surface area contributed by atoms with E-state index in [0.717, 1.165) is 12.1 Å². The van der Waals surface area contributed by atoms with E-state index < -0.39 is 92.7 Å². The predicted octanol–water partition coefficient (Wildman–Crippen LogP) is 5.60. The van der Waals surface area contributed by atoms with Crippen molar-refractivity contribution >= 4 is 95.2 Å². The van der Waals surface area contributed by atoms with Gasteiger partial charge in [0.05, 0.1) is 39.1 Å². The number of nitrogens with zero attached hydrogens (tertiary/aromatic N) is 2. The van der Waals surface area contributed by atoms with Crippen LogP contribution in [0.3, 0.4) is 0 Å². The molecule has 5 N–H and O–H groups in total. The van der Waals surface area contributed by atoms with E-state index in [1.165, 1.54) is 19.2 Å². The summed E-state index contributed by atoms with van der Waals surface area (Å²) in [6.07, 6.45) is 6.08. The third kappa shape index (κ3) is 11.7. The van der Waals surface area contributed by atoms with Gasteiger partial charge in [-0.1, -0.05) is 18.6 Å². The molecule has 4 aromatic rings. The summed E-state index contributed by atoms with van der Waals surface area (Å²) in [7, 11) is -23.7. The molecule has 0 fully saturated rings. The molecule has 6 rings (SSSR count). The van der Waals surface area contributed by atoms with Crippen LogP contribution in [0.2, 0.25) is 0 Å². The first-order chi connectivity index (χ1) is 32.9. The smallest absolute Gasteiger partial charge is 0.303 e. The fourth-order valence-corrected chi connectivity index (χ4v) is 13.1. The maximum absolute atomic E-state index is 12.7. The Morgan fingerprint density at radius 3 is 1.89 bits per heavy atom. The van der Waals surface area contributed by atoms with E-state index in [0.29, 0.717) is 65.3 Å². The first-order valence-corrected chi connectivity index (χ1v) is 29.4. The van der Waals surface area contributed by atoms with Crippen molar-refractivity contribution in [1.29, 1.82) is 0 Å². The first-order valence-electron chi connectivity index (χ1n) is 22.0. The van der Waals surface area contributed by atoms with E-state index in [2.05, 4.69) is 0 Å². The number of unbranched alkanes of at least 4 members (excludes halogenated alkanes) is 2. The average Bonchev–Trinajstić information content (AvgIpc) is 3.64. The zero-order valence-corrected chi connectivity index (χ0v) is 43.0. The third-order valence-corrected chi connectivity index (χ3v) is 17.2. The van der Waals surface area contributed by atoms with Crippen LogP contribution < -0.4 is 4.90 Å². The number of carboxylic acid groups (broad SMARTS) is 1. The Bertz CT molecular complexity index is 3480. The Hall–Kier alpha value is -4.71. The van der Waals surface area contributed by atoms with Crippen LogP contribution in [0.4, 0.5) is 11.4 Å². The highest BCUT2D eigenvalue weighted by molar-refractivity contribution is 7.87. The van der Waals surface area contributed by atoms with Crippen molar-refractivity contribution in [1.82, 2.24) is 0 Å². The van der Waals surface area contributed by atoms with Gasteiger partial charge in [-0.25, -0.2) is 8.42 Å². The van der Waals surface area contributed by atoms with E-state index in [4.69, 9.17) is 9.47 Å². The highest BCUT2D eigenvalue weighted by Gasteiger charge is 2.49. The minimum absolute atomic E-state index is 0.0132. The molecule has 2 atom stereocenters. The van der Waals surface area contributed by atoms with Gasteiger partial charge >= 0.3 is 5.97 Å². The lowest BCUT2D eigenvalue weighted by molar-refractivity contribution is -0.433. The van der Waals surface area contributed by atoms with Gasteiger partial charge in [-0.2, -0.15) is 38.2 Å². The predicted molar refractivity (Wildman–Crippen MR) is 259 cm³/mol. The number of hydrogen-bond acceptors (Lipinski definition) is 15. The molecule has 0 amide bonds. The molecule has 71 heavy (non-hydrogen) atoms. The van der Waals surface area contributed by atoms with Crippen LogP contribution in [0.25, 0.3) is 21.5 Å². The van der Waals surface area contributed by atoms with Crippen LogP contribution >= 0.6 is 0 Å². The van der Waals surface area contributed by atoms with Gasteiger partial charge in [-0.3, -0.25) is 23.0 Å². The first kappa shape index (κ1) is 55.6. The van der Waals surface area contributed by atoms with Gasteiger partial charge in [-0.15, -0.1) is 0 Å². The number of benzene rings is 4. The Balaban J connectivity index is 1.64. The van der Waals surface area contributed by atoms with Crippen molar-refractivity contribution in [2.45, 2.75) is 96.1 Å². The molecule has 0 aromatic heterocycles. The SMILES string of the molecule is CC[N+]1=C(/C=C/C=C2/N(CCCCCC(=O)O)c3ccc4c(S(=O)(=O)[O-])cc(S(=O)(=O)O)cc4c3C2(C)CCOCCOC)C(C)(CCCS(=O)(=O)O)c2c1ccc1c(S(=O)(=O)O)cc(S(=O)(=O)O)cc21. The molecule has 388 valence electrons. The largest absolute Gasteiger partial charge is 0.744 e. The maximum Gasteiger partial charge on any atom is 0.303 e. The summed E-state index contributed by atoms with van der Waals surface area (Å²) < 4.78 is 192. The minimum Gasteiger partial charge on any atom is -0.744 e. The topological polar surface area (TPSA) is 337 Å². The summed E-state index contributed by atoms with van der Waals surface area (Å²) in [4.78, 5) is 9.85. The molecule has 2 heterocycles. The number of fused-ring (bicyclic) bond motifs is 6. The summed E-state index contributed by atoms with van der Waals surface area (Å²) in [5.41, 5.74) is -0.00895. The minimum atomic E-state index is -5.35. The van der Waals surface area contributed by atoms with Crippen molar-refractivity contribution < 1.29 is 88.8 Å². The Morgan fingerprint density at radius 2 is 1.32 bits per heavy atom. The highest BCUT2D eigenvalue weighted by atomic mass is 32.2. The molecule has 0 spiro atoms. The van der Waals surface area contributed by atoms with Gasteiger partial charge in [0.25, 0.3) is 40.5 Å². The van der Waals surface area contributed by atoms with E-state index in [1.807, 2.05) is 9.48 Å². The van der Waals surface area contributed by atoms with Crippen molar-refractivity contribution in [3.8, 4) is 0 Å². The summed E-state index contributed by atoms with van der Waals surface area (Å²) >= 11 is 0. The number of anilines is 1. The molecule has 0 bridgehead atoms. The number of aliphatic carboxylic acids is 1. The molecule has 4 aromatic carbocycles. The van der Waals surface area contributed by atoms with Gasteiger partial charge < -0.3 is 24.0 Å². The van der Waals surface area contributed by atoms with E-state index >= 15 is 0 Å². The van der Waals surface area contributed by atoms with Gasteiger partial charge in [-0.05, 0) is 117 Å². The lowest BCUT2D eigenvalue weighted by Gasteiger charge is -2.31. The van der Waals surface area contributed by atoms with Crippen LogP contribution in [0.1, 0.15) is 76.8 Å². The Morgan fingerprint density at radius 1 is 0.718 bits per heavy atom. The van der Waals surface area contributed by atoms with Crippen LogP contribution in [0.15, 0.2) is 92.0 Å². The summed E-state index contributed by atoms with van der Waals surface area (Å²) in [6, 6.07) is 9.16. The third-order valence-electron chi connectivity index (χ3n) is 13.0. The van der Waals surface area contributed by atoms with E-state index in [1.54, 1.807) is 51.1 Å². The lowest BCUT2D eigenvalue weighted by atomic mass is 9.74. The van der Waals surface area contributed by atoms with Crippen LogP contribution in [-0.2, 0) is 75.7 Å². The number of methoxy groups -OCH3 is 1. The maximum atomic E-state index is 12.7. The average molecular weight is 1090 g/mol. The summed E-state index contributed by atoms with van der Waals surface area (Å²) in [5, 5.41) is 9.07. The van der Waals surface area contributed by atoms with E-state index in [9.17, 15) is 74.8 Å². The Kier molecular flexibility index (Phi) is 16.2. The molecule has 0 saturated heterocycles. The van der Waals surface area contributed by atoms with Crippen molar-refractivity contribution in [3.05, 3.63) is 83.6 Å². The van der Waals surface area contributed by atoms with Gasteiger partial charge in [0.2, 0.25) is 5.69 Å². The second-order valence-corrected chi connectivity index (χ2v) is 24.8. The van der Waals surface area contributed by atoms with Crippen molar-refractivity contribution in [2.24, 2.45) is 0 Å². The van der Waals surface area contributed by atoms with Crippen LogP contribution in [-0.4, -0.2) is 132 Å². The molecule has 2 unspecified atom stereocenters. The highest BCUT2D eigenvalue weighted by Crippen LogP contribution is 2.54. The number of allylic oxidation sites excluding steroid dienone is 4. The molecule has 2 aliphatic rings. The second-order valence-electron chi connectivity index (χ2n) is 17.6. The summed E-state index contributed by atoms with van der Waals surface area (Å²) in [6.45, 7) is 6.19. The Labute approximate surface area is 412 Å². The molecule has 0 saturated carbocycles. The monoisotopic (exact) mass is 1090 g/mol. The standard InChI is InChI=1S/C45H54N2O19S5/c1-5-46-35-16-14-31-33(25-29(68(53,54)55)27-37(31)70(59,60)61)42(35)44(2,18-10-24-67(50,51)52)39(46)11-9-12-40-45(3,19-21-66-23-22-65-4)43-34-26-30(69(56,57)58)28-38(71(62,63)64)32(34)15-17-36(43)47(40)20-8-6-7-13-41(48)49/h9,11-12,14-17,25-28H,5-8,10,13,18-24H2,1-4H3,(H5-,48,49,50,51,52,53,54,55,56,57,58,59,60,61,62,63,64). The zero-order chi connectivity index (χ0) is 52.7. The molecule has 0 radical (unpaired) electrons. The van der Waals surface area contributed by atoms with E-state index in [-0.39, 0.29) is 80.1 Å². The summed E-state index contributed by atoms with van der Waals surface area (Å²) in [5.74, 6) is -1.69. The quantitative estimate of drug-likeness (QED) is 0.0343. The van der Waals surface area contributed by atoms with Gasteiger partial charge in [0.15, 0.2) is 5.71 Å². The second kappa shape index (κ2) is 20.7. The van der Waals surface area contributed by atoms with Crippen LogP contribution in [0, 0.1) is 0 Å².